The van der Waals surface area contributed by atoms with Crippen molar-refractivity contribution in [3.05, 3.63) is 56.5 Å². The number of benzene rings is 2. The molecule has 0 unspecified atom stereocenters. The number of phenolic OH excluding ortho intramolecular Hbond substituents is 2. The van der Waals surface area contributed by atoms with Crippen molar-refractivity contribution in [1.29, 1.82) is 0 Å². The van der Waals surface area contributed by atoms with Crippen LogP contribution in [0.2, 0.25) is 0 Å². The van der Waals surface area contributed by atoms with Crippen LogP contribution in [0.25, 0.3) is 0 Å². The number of aryl methyl sites for hydroxylation is 2. The van der Waals surface area contributed by atoms with Gasteiger partial charge in [0.25, 0.3) is 0 Å². The summed E-state index contributed by atoms with van der Waals surface area (Å²) in [5.41, 5.74) is 2.22. The van der Waals surface area contributed by atoms with E-state index in [1.54, 1.807) is 6.07 Å². The first-order valence-electron chi connectivity index (χ1n) is 5.51. The van der Waals surface area contributed by atoms with Crippen molar-refractivity contribution in [3.8, 4) is 11.5 Å². The molecule has 2 rings (SSSR count). The minimum atomic E-state index is -0.0786. The quantitative estimate of drug-likeness (QED) is 0.784. The molecule has 0 radical (unpaired) electrons. The van der Waals surface area contributed by atoms with Gasteiger partial charge in [0.2, 0.25) is 0 Å². The van der Waals surface area contributed by atoms with Crippen molar-refractivity contribution in [2.45, 2.75) is 12.8 Å². The normalized spacial score (nSPS) is 10.6. The Hall–Kier alpha value is -1.00. The Morgan fingerprint density at radius 1 is 0.722 bits per heavy atom. The average molecular weight is 372 g/mol. The van der Waals surface area contributed by atoms with Crippen LogP contribution in [0.3, 0.4) is 0 Å². The number of hydrogen-bond donors (Lipinski definition) is 2. The maximum absolute atomic E-state index is 9.41. The second kappa shape index (κ2) is 5.76. The molecule has 0 aliphatic heterocycles. The molecule has 0 amide bonds. The molecule has 2 nitrogen and oxygen atoms in total. The summed E-state index contributed by atoms with van der Waals surface area (Å²) in [7, 11) is 0. The van der Waals surface area contributed by atoms with Crippen LogP contribution < -0.4 is 0 Å². The third-order valence-electron chi connectivity index (χ3n) is 2.73. The molecule has 2 N–H and O–H groups in total. The minimum Gasteiger partial charge on any atom is -0.504 e. The van der Waals surface area contributed by atoms with E-state index in [4.69, 9.17) is 0 Å². The molecular formula is C14H12Br2O2. The van der Waals surface area contributed by atoms with Crippen LogP contribution in [0.5, 0.6) is 11.5 Å². The molecule has 0 aliphatic carbocycles. The molecule has 0 heterocycles. The number of hydrogen-bond acceptors (Lipinski definition) is 2. The summed E-state index contributed by atoms with van der Waals surface area (Å²) in [4.78, 5) is 0. The topological polar surface area (TPSA) is 40.5 Å². The van der Waals surface area contributed by atoms with Gasteiger partial charge in [0.15, 0.2) is 11.5 Å². The third-order valence-corrected chi connectivity index (χ3v) is 4.61. The van der Waals surface area contributed by atoms with Crippen LogP contribution in [0.1, 0.15) is 11.1 Å². The fourth-order valence-corrected chi connectivity index (χ4v) is 2.38. The van der Waals surface area contributed by atoms with E-state index in [0.29, 0.717) is 0 Å². The van der Waals surface area contributed by atoms with Gasteiger partial charge in [-0.1, -0.05) is 12.1 Å². The summed E-state index contributed by atoms with van der Waals surface area (Å²) in [5, 5.41) is 18.6. The van der Waals surface area contributed by atoms with Crippen molar-refractivity contribution in [2.75, 3.05) is 0 Å². The Morgan fingerprint density at radius 2 is 1.33 bits per heavy atom. The van der Waals surface area contributed by atoms with Crippen LogP contribution in [-0.4, -0.2) is 10.2 Å². The number of aromatic hydroxyl groups is 2. The van der Waals surface area contributed by atoms with Crippen LogP contribution >= 0.6 is 31.9 Å². The molecule has 0 aliphatic rings. The molecule has 4 heteroatoms. The van der Waals surface area contributed by atoms with Gasteiger partial charge in [0.1, 0.15) is 0 Å². The van der Waals surface area contributed by atoms with Gasteiger partial charge in [-0.2, -0.15) is 0 Å². The predicted octanol–water partition coefficient (Wildman–Crippen LogP) is 4.41. The Balaban J connectivity index is 2.06. The molecule has 0 bridgehead atoms. The lowest BCUT2D eigenvalue weighted by Crippen LogP contribution is -1.91. The third kappa shape index (κ3) is 3.27. The molecule has 0 aromatic heterocycles. The van der Waals surface area contributed by atoms with E-state index in [1.165, 1.54) is 11.6 Å². The number of phenols is 2. The highest BCUT2D eigenvalue weighted by Gasteiger charge is 2.03. The van der Waals surface area contributed by atoms with Crippen LogP contribution in [0.15, 0.2) is 45.3 Å². The van der Waals surface area contributed by atoms with Gasteiger partial charge in [-0.3, -0.25) is 0 Å². The van der Waals surface area contributed by atoms with Gasteiger partial charge in [-0.25, -0.2) is 0 Å². The Labute approximate surface area is 123 Å². The Morgan fingerprint density at radius 3 is 1.94 bits per heavy atom. The summed E-state index contributed by atoms with van der Waals surface area (Å²) in [6, 6.07) is 11.1. The lowest BCUT2D eigenvalue weighted by molar-refractivity contribution is 0.403. The molecule has 94 valence electrons. The van der Waals surface area contributed by atoms with E-state index >= 15 is 0 Å². The van der Waals surface area contributed by atoms with Gasteiger partial charge in [-0.15, -0.1) is 0 Å². The van der Waals surface area contributed by atoms with Gasteiger partial charge in [-0.05, 0) is 80.1 Å². The second-order valence-corrected chi connectivity index (χ2v) is 5.78. The highest BCUT2D eigenvalue weighted by atomic mass is 79.9. The van der Waals surface area contributed by atoms with E-state index in [-0.39, 0.29) is 11.5 Å². The fraction of sp³-hybridized carbons (Fsp3) is 0.143. The van der Waals surface area contributed by atoms with Crippen LogP contribution in [0, 0.1) is 0 Å². The van der Waals surface area contributed by atoms with E-state index in [1.807, 2.05) is 12.1 Å². The minimum absolute atomic E-state index is 0.0653. The fourth-order valence-electron chi connectivity index (χ4n) is 1.71. The molecule has 2 aromatic carbocycles. The molecule has 0 fully saturated rings. The second-order valence-electron chi connectivity index (χ2n) is 4.07. The molecule has 0 spiro atoms. The molecule has 2 aromatic rings. The van der Waals surface area contributed by atoms with Crippen molar-refractivity contribution in [3.63, 3.8) is 0 Å². The molecular weight excluding hydrogens is 360 g/mol. The van der Waals surface area contributed by atoms with E-state index in [0.717, 1.165) is 27.4 Å². The zero-order chi connectivity index (χ0) is 13.1. The largest absolute Gasteiger partial charge is 0.504 e. The lowest BCUT2D eigenvalue weighted by atomic mass is 10.0. The Bertz CT molecular complexity index is 516. The first kappa shape index (κ1) is 13.4. The standard InChI is InChI=1S/C14H12Br2O2/c15-11-5-3-9(7-12(11)16)1-2-10-4-6-13(17)14(18)8-10/h3-8,17-18H,1-2H2. The average Bonchev–Trinajstić information content (AvgIpc) is 2.35. The SMILES string of the molecule is Oc1ccc(CCc2ccc(Br)c(Br)c2)cc1O. The van der Waals surface area contributed by atoms with Crippen LogP contribution in [-0.2, 0) is 12.8 Å². The van der Waals surface area contributed by atoms with Crippen molar-refractivity contribution >= 4 is 31.9 Å². The lowest BCUT2D eigenvalue weighted by Gasteiger charge is -2.05. The predicted molar refractivity (Wildman–Crippen MR) is 79.0 cm³/mol. The maximum atomic E-state index is 9.41. The summed E-state index contributed by atoms with van der Waals surface area (Å²) in [5.74, 6) is -0.144. The summed E-state index contributed by atoms with van der Waals surface area (Å²) >= 11 is 6.91. The first-order chi connectivity index (χ1) is 8.56. The zero-order valence-electron chi connectivity index (χ0n) is 9.53. The van der Waals surface area contributed by atoms with Crippen LogP contribution in [0.4, 0.5) is 0 Å². The summed E-state index contributed by atoms with van der Waals surface area (Å²) < 4.78 is 2.07. The van der Waals surface area contributed by atoms with E-state index in [9.17, 15) is 10.2 Å². The van der Waals surface area contributed by atoms with Gasteiger partial charge in [0.05, 0.1) is 0 Å². The monoisotopic (exact) mass is 370 g/mol. The Kier molecular flexibility index (Phi) is 4.30. The number of halogens is 2. The molecule has 0 saturated carbocycles. The van der Waals surface area contributed by atoms with Crippen molar-refractivity contribution < 1.29 is 10.2 Å². The number of rotatable bonds is 3. The summed E-state index contributed by atoms with van der Waals surface area (Å²) in [6.45, 7) is 0. The molecule has 18 heavy (non-hydrogen) atoms. The van der Waals surface area contributed by atoms with Gasteiger partial charge in [0, 0.05) is 8.95 Å². The highest BCUT2D eigenvalue weighted by Crippen LogP contribution is 2.27. The first-order valence-corrected chi connectivity index (χ1v) is 7.09. The van der Waals surface area contributed by atoms with Gasteiger partial charge < -0.3 is 10.2 Å². The van der Waals surface area contributed by atoms with Crippen molar-refractivity contribution in [1.82, 2.24) is 0 Å². The molecule has 0 atom stereocenters. The van der Waals surface area contributed by atoms with E-state index in [2.05, 4.69) is 44.0 Å². The zero-order valence-corrected chi connectivity index (χ0v) is 12.7. The maximum Gasteiger partial charge on any atom is 0.157 e. The molecule has 0 saturated heterocycles. The smallest absolute Gasteiger partial charge is 0.157 e. The van der Waals surface area contributed by atoms with Crippen molar-refractivity contribution in [2.24, 2.45) is 0 Å². The van der Waals surface area contributed by atoms with E-state index < -0.39 is 0 Å². The van der Waals surface area contributed by atoms with Gasteiger partial charge >= 0.3 is 0 Å². The highest BCUT2D eigenvalue weighted by molar-refractivity contribution is 9.13. The summed E-state index contributed by atoms with van der Waals surface area (Å²) in [6.07, 6.45) is 1.71.